The second-order valence-corrected chi connectivity index (χ2v) is 5.59. The van der Waals surface area contributed by atoms with Gasteiger partial charge in [0.2, 0.25) is 0 Å². The van der Waals surface area contributed by atoms with Gasteiger partial charge in [-0.15, -0.1) is 0 Å². The normalized spacial score (nSPS) is 12.5. The molecular formula is C19H25NO2. The van der Waals surface area contributed by atoms with Crippen LogP contribution in [-0.2, 0) is 6.42 Å². The number of aliphatic hydroxyl groups is 1. The van der Waals surface area contributed by atoms with Crippen molar-refractivity contribution < 1.29 is 10.2 Å². The minimum absolute atomic E-state index is 0.310. The van der Waals surface area contributed by atoms with Crippen LogP contribution in [0.1, 0.15) is 30.6 Å². The van der Waals surface area contributed by atoms with Crippen molar-refractivity contribution in [2.24, 2.45) is 0 Å². The first-order valence-electron chi connectivity index (χ1n) is 7.92. The number of hydrogen-bond donors (Lipinski definition) is 2. The van der Waals surface area contributed by atoms with Crippen molar-refractivity contribution in [2.45, 2.75) is 25.9 Å². The van der Waals surface area contributed by atoms with Gasteiger partial charge in [0.05, 0.1) is 6.10 Å². The SMILES string of the molecule is CCN(CCCc1ccc(O)cc1)C[C@@H](O)c1ccccc1. The summed E-state index contributed by atoms with van der Waals surface area (Å²) in [5.41, 5.74) is 2.21. The summed E-state index contributed by atoms with van der Waals surface area (Å²) < 4.78 is 0. The van der Waals surface area contributed by atoms with Gasteiger partial charge in [-0.25, -0.2) is 0 Å². The maximum Gasteiger partial charge on any atom is 0.115 e. The van der Waals surface area contributed by atoms with E-state index in [0.29, 0.717) is 12.3 Å². The van der Waals surface area contributed by atoms with Crippen LogP contribution in [0.15, 0.2) is 54.6 Å². The maximum atomic E-state index is 10.3. The minimum Gasteiger partial charge on any atom is -0.508 e. The molecular weight excluding hydrogens is 274 g/mol. The van der Waals surface area contributed by atoms with Gasteiger partial charge in [0.15, 0.2) is 0 Å². The van der Waals surface area contributed by atoms with E-state index in [0.717, 1.165) is 31.5 Å². The fraction of sp³-hybridized carbons (Fsp3) is 0.368. The van der Waals surface area contributed by atoms with Crippen molar-refractivity contribution in [1.29, 1.82) is 0 Å². The van der Waals surface area contributed by atoms with E-state index in [2.05, 4.69) is 11.8 Å². The van der Waals surface area contributed by atoms with Gasteiger partial charge in [-0.05, 0) is 49.2 Å². The molecule has 2 N–H and O–H groups in total. The molecule has 3 heteroatoms. The molecule has 0 aliphatic carbocycles. The monoisotopic (exact) mass is 299 g/mol. The number of phenols is 1. The lowest BCUT2D eigenvalue weighted by Crippen LogP contribution is -2.29. The van der Waals surface area contributed by atoms with Gasteiger partial charge in [0.25, 0.3) is 0 Å². The molecule has 0 heterocycles. The van der Waals surface area contributed by atoms with Crippen molar-refractivity contribution in [3.63, 3.8) is 0 Å². The molecule has 1 atom stereocenters. The van der Waals surface area contributed by atoms with E-state index in [1.165, 1.54) is 5.56 Å². The van der Waals surface area contributed by atoms with Crippen LogP contribution >= 0.6 is 0 Å². The highest BCUT2D eigenvalue weighted by molar-refractivity contribution is 5.25. The minimum atomic E-state index is -0.435. The van der Waals surface area contributed by atoms with E-state index in [1.807, 2.05) is 42.5 Å². The zero-order chi connectivity index (χ0) is 15.8. The Morgan fingerprint density at radius 3 is 2.32 bits per heavy atom. The van der Waals surface area contributed by atoms with Gasteiger partial charge >= 0.3 is 0 Å². The van der Waals surface area contributed by atoms with Gasteiger partial charge in [0, 0.05) is 6.54 Å². The summed E-state index contributed by atoms with van der Waals surface area (Å²) in [6, 6.07) is 17.2. The van der Waals surface area contributed by atoms with E-state index in [1.54, 1.807) is 12.1 Å². The quantitative estimate of drug-likeness (QED) is 0.785. The summed E-state index contributed by atoms with van der Waals surface area (Å²) in [6.45, 7) is 4.68. The first-order chi connectivity index (χ1) is 10.7. The van der Waals surface area contributed by atoms with E-state index in [-0.39, 0.29) is 0 Å². The summed E-state index contributed by atoms with van der Waals surface area (Å²) >= 11 is 0. The molecule has 3 nitrogen and oxygen atoms in total. The summed E-state index contributed by atoms with van der Waals surface area (Å²) in [5.74, 6) is 0.310. The second kappa shape index (κ2) is 8.57. The Labute approximate surface area is 132 Å². The molecule has 0 fully saturated rings. The largest absolute Gasteiger partial charge is 0.508 e. The Morgan fingerprint density at radius 1 is 1.00 bits per heavy atom. The van der Waals surface area contributed by atoms with E-state index >= 15 is 0 Å². The molecule has 0 aliphatic rings. The summed E-state index contributed by atoms with van der Waals surface area (Å²) in [4.78, 5) is 2.28. The predicted octanol–water partition coefficient (Wildman–Crippen LogP) is 3.38. The van der Waals surface area contributed by atoms with E-state index in [9.17, 15) is 10.2 Å². The number of benzene rings is 2. The fourth-order valence-electron chi connectivity index (χ4n) is 2.57. The second-order valence-electron chi connectivity index (χ2n) is 5.59. The lowest BCUT2D eigenvalue weighted by Gasteiger charge is -2.23. The van der Waals surface area contributed by atoms with Crippen LogP contribution in [0.2, 0.25) is 0 Å². The maximum absolute atomic E-state index is 10.3. The Hall–Kier alpha value is -1.84. The zero-order valence-corrected chi connectivity index (χ0v) is 13.2. The molecule has 0 radical (unpaired) electrons. The fourth-order valence-corrected chi connectivity index (χ4v) is 2.57. The van der Waals surface area contributed by atoms with Crippen molar-refractivity contribution in [1.82, 2.24) is 4.90 Å². The third-order valence-corrected chi connectivity index (χ3v) is 3.94. The van der Waals surface area contributed by atoms with Crippen LogP contribution in [0.3, 0.4) is 0 Å². The number of aryl methyl sites for hydroxylation is 1. The Balaban J connectivity index is 1.78. The summed E-state index contributed by atoms with van der Waals surface area (Å²) in [5, 5.41) is 19.6. The molecule has 2 aromatic carbocycles. The number of phenolic OH excluding ortho intramolecular Hbond substituents is 1. The number of aliphatic hydroxyl groups excluding tert-OH is 1. The standard InChI is InChI=1S/C19H25NO2/c1-2-20(15-19(22)17-8-4-3-5-9-17)14-6-7-16-10-12-18(21)13-11-16/h3-5,8-13,19,21-22H,2,6-7,14-15H2,1H3/t19-/m1/s1. The number of nitrogens with zero attached hydrogens (tertiary/aromatic N) is 1. The van der Waals surface area contributed by atoms with Crippen LogP contribution in [0, 0.1) is 0 Å². The Kier molecular flexibility index (Phi) is 6.44. The summed E-state index contributed by atoms with van der Waals surface area (Å²) in [7, 11) is 0. The molecule has 0 unspecified atom stereocenters. The molecule has 0 saturated heterocycles. The zero-order valence-electron chi connectivity index (χ0n) is 13.2. The summed E-state index contributed by atoms with van der Waals surface area (Å²) in [6.07, 6.45) is 1.59. The van der Waals surface area contributed by atoms with Gasteiger partial charge in [-0.1, -0.05) is 49.4 Å². The lowest BCUT2D eigenvalue weighted by molar-refractivity contribution is 0.115. The molecule has 118 valence electrons. The van der Waals surface area contributed by atoms with Crippen LogP contribution < -0.4 is 0 Å². The molecule has 0 aromatic heterocycles. The van der Waals surface area contributed by atoms with Crippen molar-refractivity contribution >= 4 is 0 Å². The first-order valence-corrected chi connectivity index (χ1v) is 7.92. The van der Waals surface area contributed by atoms with Crippen LogP contribution in [0.25, 0.3) is 0 Å². The number of aromatic hydroxyl groups is 1. The molecule has 2 aromatic rings. The number of rotatable bonds is 8. The smallest absolute Gasteiger partial charge is 0.115 e. The van der Waals surface area contributed by atoms with Gasteiger partial charge < -0.3 is 15.1 Å². The highest BCUT2D eigenvalue weighted by Crippen LogP contribution is 2.15. The molecule has 0 spiro atoms. The molecule has 0 saturated carbocycles. The number of likely N-dealkylation sites (N-methyl/N-ethyl adjacent to an activating group) is 1. The predicted molar refractivity (Wildman–Crippen MR) is 89.9 cm³/mol. The van der Waals surface area contributed by atoms with Crippen LogP contribution in [0.4, 0.5) is 0 Å². The van der Waals surface area contributed by atoms with Crippen molar-refractivity contribution in [3.8, 4) is 5.75 Å². The van der Waals surface area contributed by atoms with E-state index < -0.39 is 6.10 Å². The van der Waals surface area contributed by atoms with E-state index in [4.69, 9.17) is 0 Å². The van der Waals surface area contributed by atoms with Crippen LogP contribution in [0.5, 0.6) is 5.75 Å². The highest BCUT2D eigenvalue weighted by atomic mass is 16.3. The number of hydrogen-bond acceptors (Lipinski definition) is 3. The van der Waals surface area contributed by atoms with Gasteiger partial charge in [0.1, 0.15) is 5.75 Å². The molecule has 0 amide bonds. The van der Waals surface area contributed by atoms with Gasteiger partial charge in [-0.2, -0.15) is 0 Å². The topological polar surface area (TPSA) is 43.7 Å². The first kappa shape index (κ1) is 16.5. The average Bonchev–Trinajstić information content (AvgIpc) is 2.56. The Bertz CT molecular complexity index is 539. The Morgan fingerprint density at radius 2 is 1.68 bits per heavy atom. The van der Waals surface area contributed by atoms with Crippen molar-refractivity contribution in [3.05, 3.63) is 65.7 Å². The third-order valence-electron chi connectivity index (χ3n) is 3.94. The van der Waals surface area contributed by atoms with Crippen LogP contribution in [-0.4, -0.2) is 34.7 Å². The molecule has 22 heavy (non-hydrogen) atoms. The highest BCUT2D eigenvalue weighted by Gasteiger charge is 2.11. The average molecular weight is 299 g/mol. The lowest BCUT2D eigenvalue weighted by atomic mass is 10.1. The molecule has 0 bridgehead atoms. The molecule has 2 rings (SSSR count). The van der Waals surface area contributed by atoms with Gasteiger partial charge in [-0.3, -0.25) is 0 Å². The third kappa shape index (κ3) is 5.17. The molecule has 0 aliphatic heterocycles. The van der Waals surface area contributed by atoms with Crippen molar-refractivity contribution in [2.75, 3.05) is 19.6 Å².